The molecular weight excluding hydrogens is 554 g/mol. The molecule has 0 radical (unpaired) electrons. The third-order valence-corrected chi connectivity index (χ3v) is 7.87. The number of nitrogens with one attached hydrogen (secondary N) is 2. The smallest absolute Gasteiger partial charge is 0.127 e. The number of nitrogens with zero attached hydrogens (tertiary/aromatic N) is 1. The average molecular weight is 585 g/mol. The van der Waals surface area contributed by atoms with Crippen LogP contribution in [0, 0.1) is 0 Å². The largest absolute Gasteiger partial charge is 0.385 e. The van der Waals surface area contributed by atoms with E-state index < -0.39 is 0 Å². The van der Waals surface area contributed by atoms with Gasteiger partial charge in [0, 0.05) is 30.8 Å². The van der Waals surface area contributed by atoms with Crippen LogP contribution in [0.5, 0.6) is 0 Å². The fourth-order valence-electron chi connectivity index (χ4n) is 5.14. The number of benzene rings is 3. The lowest BCUT2D eigenvalue weighted by atomic mass is 10.2. The van der Waals surface area contributed by atoms with E-state index >= 15 is 0 Å². The minimum Gasteiger partial charge on any atom is -0.385 e. The fraction of sp³-hybridized carbons (Fsp3) is 0.286. The van der Waals surface area contributed by atoms with Crippen LogP contribution in [0.1, 0.15) is 5.56 Å². The number of quaternary nitrogens is 2. The Bertz CT molecular complexity index is 1230. The Morgan fingerprint density at radius 1 is 0.824 bits per heavy atom. The van der Waals surface area contributed by atoms with Crippen LogP contribution < -0.4 is 9.80 Å². The van der Waals surface area contributed by atoms with Crippen molar-refractivity contribution in [2.75, 3.05) is 39.3 Å². The van der Waals surface area contributed by atoms with Gasteiger partial charge in [0.15, 0.2) is 0 Å². The minimum atomic E-state index is -0.374. The highest BCUT2D eigenvalue weighted by molar-refractivity contribution is 9.10. The SMILES string of the molecule is O[C@H](Cn1c2ccc(Br)cc2c2cc(Br)ccc21)C[NH+]1CC[NH+](C/C=C/c2ccccc2)CC1. The topological polar surface area (TPSA) is 34.0 Å². The van der Waals surface area contributed by atoms with Gasteiger partial charge in [-0.25, -0.2) is 0 Å². The van der Waals surface area contributed by atoms with Crippen LogP contribution in [-0.4, -0.2) is 55.0 Å². The van der Waals surface area contributed by atoms with E-state index in [0.29, 0.717) is 6.54 Å². The number of hydrogen-bond acceptors (Lipinski definition) is 1. The van der Waals surface area contributed by atoms with Crippen molar-refractivity contribution in [3.63, 3.8) is 0 Å². The number of rotatable bonds is 7. The van der Waals surface area contributed by atoms with Crippen LogP contribution in [0.15, 0.2) is 81.8 Å². The molecule has 0 bridgehead atoms. The average Bonchev–Trinajstić information content (AvgIpc) is 3.12. The third-order valence-electron chi connectivity index (χ3n) is 6.89. The van der Waals surface area contributed by atoms with Gasteiger partial charge in [-0.15, -0.1) is 0 Å². The summed E-state index contributed by atoms with van der Waals surface area (Å²) in [5, 5.41) is 13.5. The van der Waals surface area contributed by atoms with Crippen molar-refractivity contribution in [2.24, 2.45) is 0 Å². The quantitative estimate of drug-likeness (QED) is 0.306. The van der Waals surface area contributed by atoms with E-state index in [9.17, 15) is 5.11 Å². The van der Waals surface area contributed by atoms with Crippen LogP contribution in [0.25, 0.3) is 27.9 Å². The van der Waals surface area contributed by atoms with Gasteiger partial charge in [0.05, 0.1) is 13.1 Å². The standard InChI is InChI=1S/C28H29Br2N3O/c29-22-8-10-27-25(17-22)26-18-23(30)9-11-28(26)33(27)20-24(34)19-32-15-13-31(14-16-32)12-4-7-21-5-2-1-3-6-21/h1-11,17-18,24,34H,12-16,19-20H2/p+2/b7-4+/t24-/m0/s1. The predicted molar refractivity (Wildman–Crippen MR) is 147 cm³/mol. The first-order valence-electron chi connectivity index (χ1n) is 12.0. The van der Waals surface area contributed by atoms with E-state index in [1.807, 2.05) is 0 Å². The number of aromatic nitrogens is 1. The normalized spacial score (nSPS) is 19.9. The summed E-state index contributed by atoms with van der Waals surface area (Å²) in [7, 11) is 0. The van der Waals surface area contributed by atoms with Gasteiger partial charge in [-0.2, -0.15) is 0 Å². The highest BCUT2D eigenvalue weighted by Crippen LogP contribution is 2.33. The molecular formula is C28H31Br2N3O+2. The van der Waals surface area contributed by atoms with Crippen molar-refractivity contribution in [3.8, 4) is 0 Å². The minimum absolute atomic E-state index is 0.374. The summed E-state index contributed by atoms with van der Waals surface area (Å²) >= 11 is 7.23. The maximum Gasteiger partial charge on any atom is 0.127 e. The monoisotopic (exact) mass is 583 g/mol. The van der Waals surface area contributed by atoms with Gasteiger partial charge >= 0.3 is 0 Å². The molecule has 1 aromatic heterocycles. The van der Waals surface area contributed by atoms with E-state index in [1.165, 1.54) is 32.3 Å². The number of halogens is 2. The number of aliphatic hydroxyl groups excluding tert-OH is 1. The molecule has 5 rings (SSSR count). The zero-order valence-corrected chi connectivity index (χ0v) is 22.4. The van der Waals surface area contributed by atoms with Crippen LogP contribution in [0.2, 0.25) is 0 Å². The Labute approximate surface area is 217 Å². The number of aliphatic hydroxyl groups is 1. The second-order valence-electron chi connectivity index (χ2n) is 9.31. The second kappa shape index (κ2) is 10.8. The molecule has 0 saturated carbocycles. The maximum atomic E-state index is 11.1. The highest BCUT2D eigenvalue weighted by Gasteiger charge is 2.25. The number of hydrogen-bond donors (Lipinski definition) is 3. The summed E-state index contributed by atoms with van der Waals surface area (Å²) in [4.78, 5) is 3.14. The van der Waals surface area contributed by atoms with Crippen molar-refractivity contribution < 1.29 is 14.9 Å². The van der Waals surface area contributed by atoms with Gasteiger partial charge in [-0.3, -0.25) is 0 Å². The van der Waals surface area contributed by atoms with Crippen LogP contribution in [0.3, 0.4) is 0 Å². The molecule has 176 valence electrons. The molecule has 1 saturated heterocycles. The predicted octanol–water partition coefficient (Wildman–Crippen LogP) is 3.18. The molecule has 3 N–H and O–H groups in total. The molecule has 0 unspecified atom stereocenters. The Morgan fingerprint density at radius 3 is 2.03 bits per heavy atom. The van der Waals surface area contributed by atoms with Gasteiger partial charge in [0.25, 0.3) is 0 Å². The summed E-state index contributed by atoms with van der Waals surface area (Å²) in [5.41, 5.74) is 3.61. The Hall–Kier alpha value is -1.96. The lowest BCUT2D eigenvalue weighted by Gasteiger charge is -2.30. The van der Waals surface area contributed by atoms with Gasteiger partial charge in [-0.05, 0) is 48.0 Å². The molecule has 0 aliphatic carbocycles. The van der Waals surface area contributed by atoms with E-state index in [-0.39, 0.29) is 6.10 Å². The van der Waals surface area contributed by atoms with Crippen molar-refractivity contribution in [1.29, 1.82) is 0 Å². The van der Waals surface area contributed by atoms with Gasteiger partial charge in [-0.1, -0.05) is 68.3 Å². The fourth-order valence-corrected chi connectivity index (χ4v) is 5.87. The van der Waals surface area contributed by atoms with Crippen molar-refractivity contribution in [1.82, 2.24) is 4.57 Å². The summed E-state index contributed by atoms with van der Waals surface area (Å²) in [6.07, 6.45) is 4.14. The molecule has 4 nitrogen and oxygen atoms in total. The molecule has 4 aromatic rings. The van der Waals surface area contributed by atoms with Crippen molar-refractivity contribution in [3.05, 3.63) is 87.3 Å². The van der Waals surface area contributed by atoms with Gasteiger partial charge < -0.3 is 19.5 Å². The third kappa shape index (κ3) is 5.47. The van der Waals surface area contributed by atoms with Crippen molar-refractivity contribution in [2.45, 2.75) is 12.6 Å². The summed E-state index contributed by atoms with van der Waals surface area (Å²) in [6, 6.07) is 23.3. The molecule has 1 atom stereocenters. The zero-order valence-electron chi connectivity index (χ0n) is 19.2. The Balaban J connectivity index is 1.20. The van der Waals surface area contributed by atoms with Gasteiger partial charge in [0.1, 0.15) is 38.8 Å². The van der Waals surface area contributed by atoms with E-state index in [2.05, 4.69) is 115 Å². The first-order valence-corrected chi connectivity index (χ1v) is 13.6. The number of piperazine rings is 1. The Morgan fingerprint density at radius 2 is 1.41 bits per heavy atom. The summed E-state index contributed by atoms with van der Waals surface area (Å²) < 4.78 is 4.43. The molecule has 34 heavy (non-hydrogen) atoms. The molecule has 1 fully saturated rings. The molecule has 0 spiro atoms. The first-order chi connectivity index (χ1) is 16.6. The first kappa shape index (κ1) is 23.8. The van der Waals surface area contributed by atoms with Crippen LogP contribution in [-0.2, 0) is 6.54 Å². The van der Waals surface area contributed by atoms with Crippen molar-refractivity contribution >= 4 is 59.7 Å². The van der Waals surface area contributed by atoms with Crippen LogP contribution >= 0.6 is 31.9 Å². The second-order valence-corrected chi connectivity index (χ2v) is 11.1. The molecule has 0 amide bonds. The highest BCUT2D eigenvalue weighted by atomic mass is 79.9. The lowest BCUT2D eigenvalue weighted by Crippen LogP contribution is -3.28. The summed E-state index contributed by atoms with van der Waals surface area (Å²) in [6.45, 7) is 7.00. The lowest BCUT2D eigenvalue weighted by molar-refractivity contribution is -1.01. The number of fused-ring (bicyclic) bond motifs is 3. The summed E-state index contributed by atoms with van der Waals surface area (Å²) in [5.74, 6) is 0. The molecule has 3 aromatic carbocycles. The zero-order chi connectivity index (χ0) is 23.5. The Kier molecular flexibility index (Phi) is 7.52. The van der Waals surface area contributed by atoms with E-state index in [4.69, 9.17) is 0 Å². The maximum absolute atomic E-state index is 11.1. The van der Waals surface area contributed by atoms with E-state index in [1.54, 1.807) is 4.90 Å². The van der Waals surface area contributed by atoms with Crippen LogP contribution in [0.4, 0.5) is 0 Å². The van der Waals surface area contributed by atoms with Gasteiger partial charge in [0.2, 0.25) is 0 Å². The molecule has 1 aliphatic heterocycles. The molecule has 6 heteroatoms. The molecule has 1 aliphatic rings. The molecule has 2 heterocycles. The van der Waals surface area contributed by atoms with E-state index in [0.717, 1.165) is 48.2 Å².